The Labute approximate surface area is 109 Å². The van der Waals surface area contributed by atoms with E-state index in [0.29, 0.717) is 19.8 Å². The lowest BCUT2D eigenvalue weighted by Gasteiger charge is -2.30. The molecule has 2 amide bonds. The zero-order chi connectivity index (χ0) is 13.2. The fraction of sp³-hybridized carbons (Fsp3) is 0.923. The Morgan fingerprint density at radius 3 is 2.89 bits per heavy atom. The normalized spacial score (nSPS) is 23.7. The number of nitrogens with one attached hydrogen (secondary N) is 2. The van der Waals surface area contributed by atoms with Crippen molar-refractivity contribution in [1.29, 1.82) is 0 Å². The first-order chi connectivity index (χ1) is 8.77. The number of rotatable bonds is 7. The number of amides is 2. The van der Waals surface area contributed by atoms with Gasteiger partial charge in [-0.1, -0.05) is 12.8 Å². The van der Waals surface area contributed by atoms with Gasteiger partial charge in [-0.3, -0.25) is 0 Å². The van der Waals surface area contributed by atoms with Crippen molar-refractivity contribution in [3.8, 4) is 0 Å². The molecule has 1 aliphatic rings. The Hall–Kier alpha value is -0.810. The molecule has 0 aliphatic heterocycles. The van der Waals surface area contributed by atoms with Crippen molar-refractivity contribution in [2.24, 2.45) is 5.92 Å². The van der Waals surface area contributed by atoms with Crippen LogP contribution in [0.4, 0.5) is 4.79 Å². The topological polar surface area (TPSA) is 70.6 Å². The predicted octanol–water partition coefficient (Wildman–Crippen LogP) is 1.26. The van der Waals surface area contributed by atoms with Gasteiger partial charge in [-0.15, -0.1) is 0 Å². The van der Waals surface area contributed by atoms with E-state index in [1.54, 1.807) is 0 Å². The molecule has 3 N–H and O–H groups in total. The highest BCUT2D eigenvalue weighted by atomic mass is 16.5. The minimum absolute atomic E-state index is 0.121. The van der Waals surface area contributed by atoms with Gasteiger partial charge in [0.1, 0.15) is 0 Å². The van der Waals surface area contributed by atoms with Crippen molar-refractivity contribution in [2.75, 3.05) is 26.4 Å². The number of hydrogen-bond acceptors (Lipinski definition) is 3. The Balaban J connectivity index is 2.14. The maximum absolute atomic E-state index is 11.7. The molecule has 5 nitrogen and oxygen atoms in total. The summed E-state index contributed by atoms with van der Waals surface area (Å²) in [6.45, 7) is 4.14. The summed E-state index contributed by atoms with van der Waals surface area (Å²) in [4.78, 5) is 11.7. The first-order valence-electron chi connectivity index (χ1n) is 7.01. The van der Waals surface area contributed by atoms with E-state index in [2.05, 4.69) is 10.6 Å². The van der Waals surface area contributed by atoms with Crippen LogP contribution in [0.15, 0.2) is 0 Å². The molecule has 0 saturated heterocycles. The third-order valence-electron chi connectivity index (χ3n) is 3.42. The second-order valence-corrected chi connectivity index (χ2v) is 4.78. The summed E-state index contributed by atoms with van der Waals surface area (Å²) in [5.41, 5.74) is 0. The Bertz CT molecular complexity index is 236. The maximum Gasteiger partial charge on any atom is 0.315 e. The molecule has 1 saturated carbocycles. The van der Waals surface area contributed by atoms with Crippen LogP contribution in [0.3, 0.4) is 0 Å². The van der Waals surface area contributed by atoms with Gasteiger partial charge in [0.05, 0.1) is 0 Å². The number of aliphatic hydroxyl groups excluding tert-OH is 1. The van der Waals surface area contributed by atoms with Gasteiger partial charge in [0, 0.05) is 38.3 Å². The molecule has 2 atom stereocenters. The Morgan fingerprint density at radius 2 is 2.17 bits per heavy atom. The van der Waals surface area contributed by atoms with Gasteiger partial charge in [-0.2, -0.15) is 0 Å². The van der Waals surface area contributed by atoms with Gasteiger partial charge < -0.3 is 20.5 Å². The largest absolute Gasteiger partial charge is 0.396 e. The molecular formula is C13H26N2O3. The van der Waals surface area contributed by atoms with Gasteiger partial charge in [0.15, 0.2) is 0 Å². The highest BCUT2D eigenvalue weighted by molar-refractivity contribution is 5.74. The number of ether oxygens (including phenoxy) is 1. The minimum atomic E-state index is -0.128. The van der Waals surface area contributed by atoms with Crippen LogP contribution in [0.2, 0.25) is 0 Å². The maximum atomic E-state index is 11.7. The zero-order valence-corrected chi connectivity index (χ0v) is 11.3. The van der Waals surface area contributed by atoms with Crippen molar-refractivity contribution in [3.05, 3.63) is 0 Å². The van der Waals surface area contributed by atoms with Crippen molar-refractivity contribution in [1.82, 2.24) is 10.6 Å². The van der Waals surface area contributed by atoms with Crippen LogP contribution in [0.1, 0.15) is 39.0 Å². The van der Waals surface area contributed by atoms with Crippen molar-refractivity contribution in [2.45, 2.75) is 45.1 Å². The Morgan fingerprint density at radius 1 is 1.39 bits per heavy atom. The number of carbonyl (C=O) groups excluding carboxylic acids is 1. The van der Waals surface area contributed by atoms with Crippen molar-refractivity contribution < 1.29 is 14.6 Å². The number of aliphatic hydroxyl groups is 1. The van der Waals surface area contributed by atoms with Gasteiger partial charge >= 0.3 is 6.03 Å². The van der Waals surface area contributed by atoms with E-state index < -0.39 is 0 Å². The number of hydrogen-bond donors (Lipinski definition) is 3. The van der Waals surface area contributed by atoms with Crippen LogP contribution in [0.5, 0.6) is 0 Å². The molecule has 2 unspecified atom stereocenters. The van der Waals surface area contributed by atoms with Crippen LogP contribution >= 0.6 is 0 Å². The summed E-state index contributed by atoms with van der Waals surface area (Å²) in [5.74, 6) is 0.216. The minimum Gasteiger partial charge on any atom is -0.396 e. The van der Waals surface area contributed by atoms with Crippen LogP contribution in [0, 0.1) is 5.92 Å². The molecule has 106 valence electrons. The predicted molar refractivity (Wildman–Crippen MR) is 70.5 cm³/mol. The molecule has 1 aliphatic carbocycles. The second-order valence-electron chi connectivity index (χ2n) is 4.78. The molecule has 0 aromatic rings. The summed E-state index contributed by atoms with van der Waals surface area (Å²) < 4.78 is 5.19. The van der Waals surface area contributed by atoms with E-state index in [-0.39, 0.29) is 24.6 Å². The van der Waals surface area contributed by atoms with E-state index in [1.807, 2.05) is 6.92 Å². The van der Waals surface area contributed by atoms with Crippen LogP contribution in [-0.2, 0) is 4.74 Å². The quantitative estimate of drug-likeness (QED) is 0.602. The third-order valence-corrected chi connectivity index (χ3v) is 3.42. The monoisotopic (exact) mass is 258 g/mol. The van der Waals surface area contributed by atoms with Gasteiger partial charge in [-0.25, -0.2) is 4.79 Å². The van der Waals surface area contributed by atoms with Crippen molar-refractivity contribution in [3.63, 3.8) is 0 Å². The molecule has 18 heavy (non-hydrogen) atoms. The summed E-state index contributed by atoms with van der Waals surface area (Å²) in [5, 5.41) is 15.0. The van der Waals surface area contributed by atoms with E-state index in [1.165, 1.54) is 0 Å². The first kappa shape index (κ1) is 15.2. The second kappa shape index (κ2) is 9.16. The summed E-state index contributed by atoms with van der Waals surface area (Å²) >= 11 is 0. The lowest BCUT2D eigenvalue weighted by Crippen LogP contribution is -2.47. The molecule has 0 spiro atoms. The smallest absolute Gasteiger partial charge is 0.315 e. The fourth-order valence-electron chi connectivity index (χ4n) is 2.36. The van der Waals surface area contributed by atoms with E-state index in [9.17, 15) is 9.90 Å². The zero-order valence-electron chi connectivity index (χ0n) is 11.3. The number of urea groups is 1. The molecule has 1 fully saturated rings. The fourth-order valence-corrected chi connectivity index (χ4v) is 2.36. The lowest BCUT2D eigenvalue weighted by atomic mass is 9.85. The Kier molecular flexibility index (Phi) is 7.76. The summed E-state index contributed by atoms with van der Waals surface area (Å²) in [6.07, 6.45) is 5.09. The van der Waals surface area contributed by atoms with Crippen LogP contribution in [-0.4, -0.2) is 43.5 Å². The molecular weight excluding hydrogens is 232 g/mol. The third kappa shape index (κ3) is 5.69. The summed E-state index contributed by atoms with van der Waals surface area (Å²) in [6, 6.07) is -0.00695. The number of carbonyl (C=O) groups is 1. The average Bonchev–Trinajstić information content (AvgIpc) is 2.39. The molecule has 0 bridgehead atoms. The molecule has 1 rings (SSSR count). The SMILES string of the molecule is CCOCCCNC(=O)NC1CCCCC1CO. The van der Waals surface area contributed by atoms with Gasteiger partial charge in [0.2, 0.25) is 0 Å². The average molecular weight is 258 g/mol. The summed E-state index contributed by atoms with van der Waals surface area (Å²) in [7, 11) is 0. The van der Waals surface area contributed by atoms with Crippen LogP contribution < -0.4 is 10.6 Å². The lowest BCUT2D eigenvalue weighted by molar-refractivity contribution is 0.143. The molecule has 0 heterocycles. The molecule has 5 heteroatoms. The highest BCUT2D eigenvalue weighted by Gasteiger charge is 2.25. The van der Waals surface area contributed by atoms with E-state index in [4.69, 9.17) is 4.74 Å². The molecule has 0 aromatic carbocycles. The van der Waals surface area contributed by atoms with E-state index >= 15 is 0 Å². The van der Waals surface area contributed by atoms with Crippen molar-refractivity contribution >= 4 is 6.03 Å². The highest BCUT2D eigenvalue weighted by Crippen LogP contribution is 2.23. The van der Waals surface area contributed by atoms with E-state index in [0.717, 1.165) is 32.1 Å². The van der Waals surface area contributed by atoms with Gasteiger partial charge in [-0.05, 0) is 26.2 Å². The van der Waals surface area contributed by atoms with Gasteiger partial charge in [0.25, 0.3) is 0 Å². The standard InChI is InChI=1S/C13H26N2O3/c1-2-18-9-5-8-14-13(17)15-12-7-4-3-6-11(12)10-16/h11-12,16H,2-10H2,1H3,(H2,14,15,17). The molecule has 0 radical (unpaired) electrons. The first-order valence-corrected chi connectivity index (χ1v) is 7.01. The molecule has 0 aromatic heterocycles. The van der Waals surface area contributed by atoms with Crippen LogP contribution in [0.25, 0.3) is 0 Å².